The topological polar surface area (TPSA) is 66.1 Å². The molecule has 1 saturated heterocycles. The first-order valence-corrected chi connectivity index (χ1v) is 12.1. The Morgan fingerprint density at radius 3 is 2.58 bits per heavy atom. The van der Waals surface area contributed by atoms with Gasteiger partial charge < -0.3 is 16.0 Å². The third-order valence-corrected chi connectivity index (χ3v) is 8.05. The zero-order chi connectivity index (χ0) is 21.4. The first-order chi connectivity index (χ1) is 15.1. The minimum atomic E-state index is -0.0343. The fraction of sp³-hybridized carbons (Fsp3) is 0.440. The number of amides is 1. The predicted molar refractivity (Wildman–Crippen MR) is 128 cm³/mol. The van der Waals surface area contributed by atoms with Crippen molar-refractivity contribution in [2.75, 3.05) is 32.0 Å². The number of nitrogens with zero attached hydrogens (tertiary/aromatic N) is 1. The molecule has 1 aromatic carbocycles. The molecule has 3 aromatic rings. The summed E-state index contributed by atoms with van der Waals surface area (Å²) in [7, 11) is 1.86. The number of thiophene rings is 1. The van der Waals surface area contributed by atoms with Crippen LogP contribution in [0.15, 0.2) is 36.4 Å². The Morgan fingerprint density at radius 1 is 1.13 bits per heavy atom. The highest BCUT2D eigenvalue weighted by Crippen LogP contribution is 2.45. The Morgan fingerprint density at radius 2 is 1.87 bits per heavy atom. The van der Waals surface area contributed by atoms with E-state index in [-0.39, 0.29) is 5.91 Å². The van der Waals surface area contributed by atoms with E-state index in [9.17, 15) is 4.79 Å². The van der Waals surface area contributed by atoms with E-state index in [0.29, 0.717) is 11.4 Å². The largest absolute Gasteiger partial charge is 0.386 e. The van der Waals surface area contributed by atoms with Crippen LogP contribution in [-0.4, -0.2) is 37.6 Å². The van der Waals surface area contributed by atoms with E-state index < -0.39 is 0 Å². The summed E-state index contributed by atoms with van der Waals surface area (Å²) in [5, 5.41) is 10.9. The van der Waals surface area contributed by atoms with Gasteiger partial charge in [0.2, 0.25) is 0 Å². The zero-order valence-electron chi connectivity index (χ0n) is 18.2. The van der Waals surface area contributed by atoms with E-state index in [0.717, 1.165) is 58.9 Å². The van der Waals surface area contributed by atoms with Crippen LogP contribution in [0.3, 0.4) is 0 Å². The number of benzene rings is 1. The van der Waals surface area contributed by atoms with Crippen molar-refractivity contribution in [1.29, 1.82) is 0 Å². The third-order valence-electron chi connectivity index (χ3n) is 6.95. The van der Waals surface area contributed by atoms with Gasteiger partial charge in [-0.05, 0) is 80.3 Å². The number of carbonyl (C=O) groups excluding carboxylic acids is 1. The number of nitrogens with one attached hydrogen (secondary N) is 3. The monoisotopic (exact) mass is 434 g/mol. The summed E-state index contributed by atoms with van der Waals surface area (Å²) in [5.41, 5.74) is 4.59. The number of hydrogen-bond donors (Lipinski definition) is 3. The number of pyridine rings is 1. The van der Waals surface area contributed by atoms with Gasteiger partial charge in [0.15, 0.2) is 0 Å². The molecule has 2 bridgehead atoms. The molecule has 2 unspecified atom stereocenters. The second-order valence-corrected chi connectivity index (χ2v) is 9.89. The number of anilines is 1. The molecular weight excluding hydrogens is 404 g/mol. The van der Waals surface area contributed by atoms with E-state index in [1.807, 2.05) is 26.1 Å². The second kappa shape index (κ2) is 8.60. The summed E-state index contributed by atoms with van der Waals surface area (Å²) in [4.78, 5) is 19.0. The second-order valence-electron chi connectivity index (χ2n) is 8.89. The van der Waals surface area contributed by atoms with Gasteiger partial charge in [-0.15, -0.1) is 11.3 Å². The SMILES string of the molecule is CNc1c(C(=O)NCCc2ccc(C3C4CCC3CNC4)cc2)sc2nc(C)ccc12. The van der Waals surface area contributed by atoms with Gasteiger partial charge in [0.25, 0.3) is 5.91 Å². The van der Waals surface area contributed by atoms with Crippen molar-refractivity contribution >= 4 is 33.1 Å². The van der Waals surface area contributed by atoms with Gasteiger partial charge in [0.05, 0.1) is 5.69 Å². The van der Waals surface area contributed by atoms with Crippen molar-refractivity contribution in [1.82, 2.24) is 15.6 Å². The molecule has 3 N–H and O–H groups in total. The van der Waals surface area contributed by atoms with Crippen molar-refractivity contribution in [3.63, 3.8) is 0 Å². The lowest BCUT2D eigenvalue weighted by molar-refractivity contribution is 0.0959. The zero-order valence-corrected chi connectivity index (χ0v) is 19.0. The molecule has 3 heterocycles. The Hall–Kier alpha value is -2.44. The van der Waals surface area contributed by atoms with E-state index >= 15 is 0 Å². The van der Waals surface area contributed by atoms with Crippen molar-refractivity contribution in [3.8, 4) is 0 Å². The normalized spacial score (nSPS) is 22.6. The van der Waals surface area contributed by atoms with Gasteiger partial charge in [0, 0.05) is 24.7 Å². The van der Waals surface area contributed by atoms with Crippen LogP contribution in [0, 0.1) is 18.8 Å². The fourth-order valence-corrected chi connectivity index (χ4v) is 6.56. The smallest absolute Gasteiger partial charge is 0.263 e. The highest BCUT2D eigenvalue weighted by atomic mass is 32.1. The van der Waals surface area contributed by atoms with E-state index in [1.165, 1.54) is 35.3 Å². The molecule has 2 aliphatic rings. The van der Waals surface area contributed by atoms with Crippen LogP contribution in [0.5, 0.6) is 0 Å². The van der Waals surface area contributed by atoms with Gasteiger partial charge >= 0.3 is 0 Å². The van der Waals surface area contributed by atoms with Crippen molar-refractivity contribution in [2.24, 2.45) is 11.8 Å². The lowest BCUT2D eigenvalue weighted by atomic mass is 9.80. The van der Waals surface area contributed by atoms with Crippen LogP contribution >= 0.6 is 11.3 Å². The van der Waals surface area contributed by atoms with Crippen molar-refractivity contribution in [3.05, 3.63) is 58.1 Å². The molecular formula is C25H30N4OS. The number of aromatic nitrogens is 1. The van der Waals surface area contributed by atoms with Crippen LogP contribution < -0.4 is 16.0 Å². The van der Waals surface area contributed by atoms with Crippen LogP contribution in [0.4, 0.5) is 5.69 Å². The molecule has 31 heavy (non-hydrogen) atoms. The molecule has 5 rings (SSSR count). The van der Waals surface area contributed by atoms with E-state index in [4.69, 9.17) is 0 Å². The number of aryl methyl sites for hydroxylation is 1. The Kier molecular flexibility index (Phi) is 5.67. The third kappa shape index (κ3) is 3.94. The maximum absolute atomic E-state index is 12.8. The molecule has 0 spiro atoms. The molecule has 0 radical (unpaired) electrons. The maximum atomic E-state index is 12.8. The Balaban J connectivity index is 1.21. The Labute approximate surface area is 187 Å². The number of fused-ring (bicyclic) bond motifs is 3. The molecule has 1 aliphatic carbocycles. The lowest BCUT2D eigenvalue weighted by Gasteiger charge is -2.31. The first-order valence-electron chi connectivity index (χ1n) is 11.3. The average Bonchev–Trinajstić information content (AvgIpc) is 3.27. The van der Waals surface area contributed by atoms with E-state index in [2.05, 4.69) is 45.2 Å². The molecule has 162 valence electrons. The number of rotatable bonds is 6. The van der Waals surface area contributed by atoms with E-state index in [1.54, 1.807) is 0 Å². The molecule has 2 fully saturated rings. The summed E-state index contributed by atoms with van der Waals surface area (Å²) < 4.78 is 0. The van der Waals surface area contributed by atoms with Gasteiger partial charge in [-0.3, -0.25) is 4.79 Å². The summed E-state index contributed by atoms with van der Waals surface area (Å²) >= 11 is 1.45. The molecule has 1 aliphatic heterocycles. The first kappa shape index (κ1) is 20.5. The molecule has 1 saturated carbocycles. The predicted octanol–water partition coefficient (Wildman–Crippen LogP) is 4.33. The van der Waals surface area contributed by atoms with Gasteiger partial charge in [-0.1, -0.05) is 24.3 Å². The summed E-state index contributed by atoms with van der Waals surface area (Å²) in [5.74, 6) is 2.28. The summed E-state index contributed by atoms with van der Waals surface area (Å²) in [6.07, 6.45) is 3.55. The van der Waals surface area contributed by atoms with Crippen LogP contribution in [0.2, 0.25) is 0 Å². The summed E-state index contributed by atoms with van der Waals surface area (Å²) in [6.45, 7) is 4.92. The fourth-order valence-electron chi connectivity index (χ4n) is 5.41. The maximum Gasteiger partial charge on any atom is 0.263 e. The van der Waals surface area contributed by atoms with Crippen LogP contribution in [0.25, 0.3) is 10.2 Å². The standard InChI is InChI=1S/C25H30N4OS/c1-15-3-10-20-22(26-2)23(31-25(20)29-15)24(30)28-12-11-16-4-6-17(7-5-16)21-18-8-9-19(21)14-27-13-18/h3-7,10,18-19,21,26-27H,8-9,11-14H2,1-2H3,(H,28,30). The number of hydrogen-bond acceptors (Lipinski definition) is 5. The number of carbonyl (C=O) groups is 1. The average molecular weight is 435 g/mol. The molecule has 6 heteroatoms. The molecule has 1 amide bonds. The Bertz CT molecular complexity index is 1070. The quantitative estimate of drug-likeness (QED) is 0.540. The highest BCUT2D eigenvalue weighted by molar-refractivity contribution is 7.21. The highest BCUT2D eigenvalue weighted by Gasteiger charge is 2.39. The molecule has 2 aromatic heterocycles. The minimum absolute atomic E-state index is 0.0343. The minimum Gasteiger partial charge on any atom is -0.386 e. The van der Waals surface area contributed by atoms with Crippen LogP contribution in [-0.2, 0) is 6.42 Å². The van der Waals surface area contributed by atoms with Crippen molar-refractivity contribution in [2.45, 2.75) is 32.1 Å². The van der Waals surface area contributed by atoms with Gasteiger partial charge in [-0.2, -0.15) is 0 Å². The van der Waals surface area contributed by atoms with Gasteiger partial charge in [-0.25, -0.2) is 4.98 Å². The molecule has 2 atom stereocenters. The van der Waals surface area contributed by atoms with Gasteiger partial charge in [0.1, 0.15) is 9.71 Å². The summed E-state index contributed by atoms with van der Waals surface area (Å²) in [6, 6.07) is 13.1. The van der Waals surface area contributed by atoms with Crippen LogP contribution in [0.1, 0.15) is 45.3 Å². The lowest BCUT2D eigenvalue weighted by Crippen LogP contribution is -2.36. The number of piperidine rings is 1. The molecule has 5 nitrogen and oxygen atoms in total. The van der Waals surface area contributed by atoms with Crippen molar-refractivity contribution < 1.29 is 4.79 Å².